The van der Waals surface area contributed by atoms with Gasteiger partial charge in [-0.2, -0.15) is 0 Å². The minimum Gasteiger partial charge on any atom is -0.394 e. The average molecular weight is 334 g/mol. The first-order valence-electron chi connectivity index (χ1n) is 9.02. The molecule has 3 rings (SSSR count). The lowest BCUT2D eigenvalue weighted by Crippen LogP contribution is -2.47. The SMILES string of the molecule is CC(CN1CCN(C)CC1)Nc1cc(N2CCCC2CO)ncn1. The van der Waals surface area contributed by atoms with Crippen LogP contribution in [0.1, 0.15) is 19.8 Å². The predicted octanol–water partition coefficient (Wildman–Crippen LogP) is 0.486. The number of nitrogens with one attached hydrogen (secondary N) is 1. The molecule has 0 amide bonds. The minimum atomic E-state index is 0.187. The molecule has 7 nitrogen and oxygen atoms in total. The molecule has 24 heavy (non-hydrogen) atoms. The molecule has 0 radical (unpaired) electrons. The summed E-state index contributed by atoms with van der Waals surface area (Å²) in [5, 5.41) is 13.0. The van der Waals surface area contributed by atoms with Crippen molar-refractivity contribution in [2.75, 3.05) is 63.1 Å². The van der Waals surface area contributed by atoms with E-state index in [4.69, 9.17) is 0 Å². The summed E-state index contributed by atoms with van der Waals surface area (Å²) < 4.78 is 0. The summed E-state index contributed by atoms with van der Waals surface area (Å²) in [4.78, 5) is 15.8. The smallest absolute Gasteiger partial charge is 0.134 e. The fourth-order valence-corrected chi connectivity index (χ4v) is 3.63. The topological polar surface area (TPSA) is 67.8 Å². The number of anilines is 2. The van der Waals surface area contributed by atoms with Crippen molar-refractivity contribution in [2.45, 2.75) is 31.8 Å². The summed E-state index contributed by atoms with van der Waals surface area (Å²) in [6, 6.07) is 2.54. The van der Waals surface area contributed by atoms with Crippen molar-refractivity contribution < 1.29 is 5.11 Å². The lowest BCUT2D eigenvalue weighted by atomic mass is 10.2. The Morgan fingerprint density at radius 3 is 2.79 bits per heavy atom. The average Bonchev–Trinajstić information content (AvgIpc) is 3.06. The highest BCUT2D eigenvalue weighted by atomic mass is 16.3. The van der Waals surface area contributed by atoms with Gasteiger partial charge in [-0.05, 0) is 26.8 Å². The Labute approximate surface area is 144 Å². The molecule has 134 valence electrons. The van der Waals surface area contributed by atoms with Crippen LogP contribution in [0.5, 0.6) is 0 Å². The Morgan fingerprint density at radius 1 is 1.25 bits per heavy atom. The largest absolute Gasteiger partial charge is 0.394 e. The second kappa shape index (κ2) is 8.09. The Morgan fingerprint density at radius 2 is 2.04 bits per heavy atom. The van der Waals surface area contributed by atoms with Crippen molar-refractivity contribution in [2.24, 2.45) is 0 Å². The molecule has 2 unspecified atom stereocenters. The van der Waals surface area contributed by atoms with E-state index in [-0.39, 0.29) is 12.6 Å². The normalized spacial score (nSPS) is 24.3. The molecule has 2 N–H and O–H groups in total. The van der Waals surface area contributed by atoms with Crippen LogP contribution in [0.25, 0.3) is 0 Å². The molecule has 2 atom stereocenters. The molecule has 1 aromatic heterocycles. The van der Waals surface area contributed by atoms with Crippen LogP contribution in [-0.2, 0) is 0 Å². The van der Waals surface area contributed by atoms with Crippen molar-refractivity contribution >= 4 is 11.6 Å². The number of likely N-dealkylation sites (N-methyl/N-ethyl adjacent to an activating group) is 1. The summed E-state index contributed by atoms with van der Waals surface area (Å²) in [6.45, 7) is 8.91. The van der Waals surface area contributed by atoms with E-state index in [1.165, 1.54) is 0 Å². The van der Waals surface area contributed by atoms with Gasteiger partial charge in [0.1, 0.15) is 18.0 Å². The Kier molecular flexibility index (Phi) is 5.86. The van der Waals surface area contributed by atoms with E-state index in [1.807, 2.05) is 6.07 Å². The molecule has 0 spiro atoms. The maximum absolute atomic E-state index is 9.50. The maximum Gasteiger partial charge on any atom is 0.134 e. The third-order valence-corrected chi connectivity index (χ3v) is 5.06. The molecule has 0 aromatic carbocycles. The molecule has 2 aliphatic heterocycles. The summed E-state index contributed by atoms with van der Waals surface area (Å²) in [5.41, 5.74) is 0. The highest BCUT2D eigenvalue weighted by molar-refractivity contribution is 5.50. The van der Waals surface area contributed by atoms with Crippen molar-refractivity contribution in [3.63, 3.8) is 0 Å². The van der Waals surface area contributed by atoms with Crippen molar-refractivity contribution in [3.05, 3.63) is 12.4 Å². The molecule has 0 aliphatic carbocycles. The van der Waals surface area contributed by atoms with Gasteiger partial charge in [-0.25, -0.2) is 9.97 Å². The number of aliphatic hydroxyl groups is 1. The van der Waals surface area contributed by atoms with E-state index in [0.717, 1.165) is 63.7 Å². The summed E-state index contributed by atoms with van der Waals surface area (Å²) in [7, 11) is 2.18. The van der Waals surface area contributed by atoms with Crippen LogP contribution in [0.4, 0.5) is 11.6 Å². The molecule has 7 heteroatoms. The molecule has 2 fully saturated rings. The Hall–Kier alpha value is -1.44. The molecule has 0 saturated carbocycles. The minimum absolute atomic E-state index is 0.187. The molecule has 2 aliphatic rings. The summed E-state index contributed by atoms with van der Waals surface area (Å²) in [5.74, 6) is 1.78. The molecule has 2 saturated heterocycles. The van der Waals surface area contributed by atoms with E-state index in [1.54, 1.807) is 6.33 Å². The van der Waals surface area contributed by atoms with Gasteiger partial charge in [-0.3, -0.25) is 4.90 Å². The first-order chi connectivity index (χ1) is 11.7. The van der Waals surface area contributed by atoms with E-state index in [0.29, 0.717) is 6.04 Å². The van der Waals surface area contributed by atoms with Crippen molar-refractivity contribution in [3.8, 4) is 0 Å². The summed E-state index contributed by atoms with van der Waals surface area (Å²) >= 11 is 0. The van der Waals surface area contributed by atoms with Gasteiger partial charge in [-0.1, -0.05) is 0 Å². The van der Waals surface area contributed by atoms with Crippen molar-refractivity contribution in [1.29, 1.82) is 0 Å². The van der Waals surface area contributed by atoms with Gasteiger partial charge in [0, 0.05) is 51.4 Å². The van der Waals surface area contributed by atoms with Gasteiger partial charge in [0.25, 0.3) is 0 Å². The molecule has 3 heterocycles. The monoisotopic (exact) mass is 334 g/mol. The summed E-state index contributed by atoms with van der Waals surface area (Å²) in [6.07, 6.45) is 3.76. The number of piperazine rings is 1. The first-order valence-corrected chi connectivity index (χ1v) is 9.02. The van der Waals surface area contributed by atoms with Crippen LogP contribution in [0.15, 0.2) is 12.4 Å². The van der Waals surface area contributed by atoms with Crippen LogP contribution in [-0.4, -0.2) is 89.9 Å². The fourth-order valence-electron chi connectivity index (χ4n) is 3.63. The number of hydrogen-bond donors (Lipinski definition) is 2. The molecular weight excluding hydrogens is 304 g/mol. The van der Waals surface area contributed by atoms with E-state index in [9.17, 15) is 5.11 Å². The van der Waals surface area contributed by atoms with Gasteiger partial charge in [0.15, 0.2) is 0 Å². The van der Waals surface area contributed by atoms with E-state index in [2.05, 4.69) is 44.0 Å². The van der Waals surface area contributed by atoms with Crippen LogP contribution in [0.3, 0.4) is 0 Å². The third-order valence-electron chi connectivity index (χ3n) is 5.06. The zero-order valence-electron chi connectivity index (χ0n) is 14.9. The quantitative estimate of drug-likeness (QED) is 0.784. The van der Waals surface area contributed by atoms with E-state index >= 15 is 0 Å². The number of aromatic nitrogens is 2. The zero-order valence-corrected chi connectivity index (χ0v) is 14.9. The molecule has 1 aromatic rings. The van der Waals surface area contributed by atoms with Crippen molar-refractivity contribution in [1.82, 2.24) is 19.8 Å². The predicted molar refractivity (Wildman–Crippen MR) is 96.5 cm³/mol. The number of aliphatic hydroxyl groups excluding tert-OH is 1. The third kappa shape index (κ3) is 4.34. The highest BCUT2D eigenvalue weighted by Gasteiger charge is 2.25. The van der Waals surface area contributed by atoms with E-state index < -0.39 is 0 Å². The molecular formula is C17H30N6O. The number of rotatable bonds is 6. The van der Waals surface area contributed by atoms with Crippen LogP contribution >= 0.6 is 0 Å². The number of nitrogens with zero attached hydrogens (tertiary/aromatic N) is 5. The van der Waals surface area contributed by atoms with Gasteiger partial charge in [-0.15, -0.1) is 0 Å². The maximum atomic E-state index is 9.50. The Balaban J connectivity index is 1.56. The van der Waals surface area contributed by atoms with Gasteiger partial charge in [0.05, 0.1) is 12.6 Å². The number of hydrogen-bond acceptors (Lipinski definition) is 7. The van der Waals surface area contributed by atoms with Crippen LogP contribution in [0.2, 0.25) is 0 Å². The first kappa shape index (κ1) is 17.4. The lowest BCUT2D eigenvalue weighted by Gasteiger charge is -2.34. The van der Waals surface area contributed by atoms with Gasteiger partial charge in [0.2, 0.25) is 0 Å². The van der Waals surface area contributed by atoms with Crippen LogP contribution in [0, 0.1) is 0 Å². The highest BCUT2D eigenvalue weighted by Crippen LogP contribution is 2.24. The van der Waals surface area contributed by atoms with Gasteiger partial charge >= 0.3 is 0 Å². The molecule has 0 bridgehead atoms. The Bertz CT molecular complexity index is 520. The van der Waals surface area contributed by atoms with Gasteiger partial charge < -0.3 is 20.2 Å². The zero-order chi connectivity index (χ0) is 16.9. The lowest BCUT2D eigenvalue weighted by molar-refractivity contribution is 0.151. The standard InChI is InChI=1S/C17H30N6O/c1-14(11-22-8-6-21(2)7-9-22)20-16-10-17(19-13-18-16)23-5-3-4-15(23)12-24/h10,13-15,24H,3-9,11-12H2,1-2H3,(H,18,19,20). The van der Waals surface area contributed by atoms with Crippen LogP contribution < -0.4 is 10.2 Å². The second-order valence-corrected chi connectivity index (χ2v) is 7.08. The fraction of sp³-hybridized carbons (Fsp3) is 0.765. The second-order valence-electron chi connectivity index (χ2n) is 7.08.